The van der Waals surface area contributed by atoms with Gasteiger partial charge in [-0.25, -0.2) is 4.52 Å². The molecule has 0 saturated carbocycles. The van der Waals surface area contributed by atoms with E-state index in [0.717, 1.165) is 5.69 Å². The van der Waals surface area contributed by atoms with Crippen molar-refractivity contribution >= 4 is 26.4 Å². The van der Waals surface area contributed by atoms with Crippen LogP contribution in [0.4, 0.5) is 0 Å². The zero-order valence-corrected chi connectivity index (χ0v) is 8.01. The minimum Gasteiger partial charge on any atom is -0.222 e. The second-order valence-corrected chi connectivity index (χ2v) is 4.17. The summed E-state index contributed by atoms with van der Waals surface area (Å²) in [5, 5.41) is 4.43. The molecule has 0 N–H and O–H groups in total. The molecule has 3 aromatic rings. The van der Waals surface area contributed by atoms with Crippen molar-refractivity contribution in [2.24, 2.45) is 0 Å². The summed E-state index contributed by atoms with van der Waals surface area (Å²) in [6.07, 6.45) is 0. The van der Waals surface area contributed by atoms with Crippen molar-refractivity contribution in [3.05, 3.63) is 36.0 Å². The fraction of sp³-hybridized carbons (Fsp3) is 0.100. The normalized spacial score (nSPS) is 11.5. The van der Waals surface area contributed by atoms with Crippen LogP contribution in [0.3, 0.4) is 0 Å². The highest BCUT2D eigenvalue weighted by Gasteiger charge is 2.04. The highest BCUT2D eigenvalue weighted by atomic mass is 32.1. The van der Waals surface area contributed by atoms with E-state index in [4.69, 9.17) is 0 Å². The van der Waals surface area contributed by atoms with Crippen LogP contribution in [0.1, 0.15) is 5.69 Å². The second kappa shape index (κ2) is 2.33. The molecule has 2 aromatic heterocycles. The molecule has 0 spiro atoms. The number of para-hydroxylation sites is 1. The van der Waals surface area contributed by atoms with Gasteiger partial charge in [-0.1, -0.05) is 12.1 Å². The van der Waals surface area contributed by atoms with Gasteiger partial charge in [0, 0.05) is 0 Å². The Bertz CT molecular complexity index is 577. The molecule has 0 atom stereocenters. The van der Waals surface area contributed by atoms with Gasteiger partial charge in [-0.2, -0.15) is 5.10 Å². The minimum atomic E-state index is 1.08. The lowest BCUT2D eigenvalue weighted by atomic mass is 10.3. The van der Waals surface area contributed by atoms with Gasteiger partial charge in [-0.15, -0.1) is 11.3 Å². The van der Waals surface area contributed by atoms with Gasteiger partial charge in [-0.05, 0) is 25.1 Å². The van der Waals surface area contributed by atoms with Crippen molar-refractivity contribution in [3.8, 4) is 0 Å². The van der Waals surface area contributed by atoms with Crippen LogP contribution in [-0.4, -0.2) is 9.61 Å². The number of benzene rings is 1. The summed E-state index contributed by atoms with van der Waals surface area (Å²) in [6.45, 7) is 2.02. The van der Waals surface area contributed by atoms with Crippen LogP contribution in [0.15, 0.2) is 30.3 Å². The number of thiazole rings is 1. The van der Waals surface area contributed by atoms with E-state index in [-0.39, 0.29) is 0 Å². The maximum absolute atomic E-state index is 4.43. The van der Waals surface area contributed by atoms with Crippen molar-refractivity contribution in [1.82, 2.24) is 9.61 Å². The standard InChI is InChI=1S/C10H8N2S/c1-7-6-10-12(11-7)8-4-2-3-5-9(8)13-10/h2-6H,1H3. The van der Waals surface area contributed by atoms with Crippen LogP contribution in [0.2, 0.25) is 0 Å². The largest absolute Gasteiger partial charge is 0.222 e. The molecule has 0 unspecified atom stereocenters. The van der Waals surface area contributed by atoms with Gasteiger partial charge in [0.2, 0.25) is 0 Å². The van der Waals surface area contributed by atoms with Crippen LogP contribution < -0.4 is 0 Å². The Kier molecular flexibility index (Phi) is 1.27. The van der Waals surface area contributed by atoms with Crippen LogP contribution in [0, 0.1) is 6.92 Å². The molecule has 0 amide bonds. The Hall–Kier alpha value is -1.35. The van der Waals surface area contributed by atoms with E-state index in [2.05, 4.69) is 29.4 Å². The summed E-state index contributed by atoms with van der Waals surface area (Å²) < 4.78 is 3.31. The van der Waals surface area contributed by atoms with Gasteiger partial charge in [0.25, 0.3) is 0 Å². The van der Waals surface area contributed by atoms with Crippen molar-refractivity contribution in [2.75, 3.05) is 0 Å². The fourth-order valence-corrected chi connectivity index (χ4v) is 2.64. The van der Waals surface area contributed by atoms with Gasteiger partial charge in [-0.3, -0.25) is 0 Å². The summed E-state index contributed by atoms with van der Waals surface area (Å²) in [5.74, 6) is 0. The lowest BCUT2D eigenvalue weighted by Gasteiger charge is -1.87. The first kappa shape index (κ1) is 7.09. The van der Waals surface area contributed by atoms with E-state index < -0.39 is 0 Å². The van der Waals surface area contributed by atoms with Gasteiger partial charge in [0.15, 0.2) is 0 Å². The summed E-state index contributed by atoms with van der Waals surface area (Å²) in [5.41, 5.74) is 2.28. The quantitative estimate of drug-likeness (QED) is 0.530. The van der Waals surface area contributed by atoms with Gasteiger partial charge in [0.05, 0.1) is 15.9 Å². The van der Waals surface area contributed by atoms with Gasteiger partial charge >= 0.3 is 0 Å². The smallest absolute Gasteiger partial charge is 0.120 e. The summed E-state index contributed by atoms with van der Waals surface area (Å²) >= 11 is 1.78. The predicted molar refractivity (Wildman–Crippen MR) is 55.3 cm³/mol. The molecule has 1 aromatic carbocycles. The summed E-state index contributed by atoms with van der Waals surface area (Å²) in [6, 6.07) is 10.5. The molecule has 64 valence electrons. The zero-order valence-electron chi connectivity index (χ0n) is 7.19. The third-order valence-corrected chi connectivity index (χ3v) is 3.17. The Labute approximate surface area is 79.4 Å². The maximum Gasteiger partial charge on any atom is 0.120 e. The summed E-state index contributed by atoms with van der Waals surface area (Å²) in [4.78, 5) is 1.22. The number of fused-ring (bicyclic) bond motifs is 3. The molecule has 2 heterocycles. The molecule has 3 rings (SSSR count). The first-order chi connectivity index (χ1) is 6.34. The Morgan fingerprint density at radius 3 is 3.08 bits per heavy atom. The first-order valence-electron chi connectivity index (χ1n) is 4.18. The Balaban J connectivity index is 2.60. The third kappa shape index (κ3) is 0.906. The maximum atomic E-state index is 4.43. The highest BCUT2D eigenvalue weighted by molar-refractivity contribution is 7.23. The van der Waals surface area contributed by atoms with Crippen molar-refractivity contribution < 1.29 is 0 Å². The molecular weight excluding hydrogens is 180 g/mol. The third-order valence-electron chi connectivity index (χ3n) is 2.11. The van der Waals surface area contributed by atoms with Gasteiger partial charge < -0.3 is 0 Å². The van der Waals surface area contributed by atoms with E-state index in [1.165, 1.54) is 15.0 Å². The van der Waals surface area contributed by atoms with E-state index in [1.54, 1.807) is 11.3 Å². The fourth-order valence-electron chi connectivity index (χ4n) is 1.55. The molecule has 0 radical (unpaired) electrons. The number of aryl methyl sites for hydroxylation is 1. The van der Waals surface area contributed by atoms with E-state index in [9.17, 15) is 0 Å². The number of hydrogen-bond donors (Lipinski definition) is 0. The van der Waals surface area contributed by atoms with Crippen LogP contribution in [0.5, 0.6) is 0 Å². The topological polar surface area (TPSA) is 17.3 Å². The molecule has 0 bridgehead atoms. The minimum absolute atomic E-state index is 1.08. The Morgan fingerprint density at radius 1 is 1.31 bits per heavy atom. The molecular formula is C10H8N2S. The second-order valence-electron chi connectivity index (χ2n) is 3.11. The van der Waals surface area contributed by atoms with Crippen LogP contribution in [-0.2, 0) is 0 Å². The average molecular weight is 188 g/mol. The molecule has 3 heteroatoms. The van der Waals surface area contributed by atoms with Gasteiger partial charge in [0.1, 0.15) is 4.83 Å². The van der Waals surface area contributed by atoms with Crippen molar-refractivity contribution in [1.29, 1.82) is 0 Å². The molecule has 0 fully saturated rings. The van der Waals surface area contributed by atoms with E-state index >= 15 is 0 Å². The number of rotatable bonds is 0. The highest BCUT2D eigenvalue weighted by Crippen LogP contribution is 2.25. The van der Waals surface area contributed by atoms with Crippen molar-refractivity contribution in [3.63, 3.8) is 0 Å². The van der Waals surface area contributed by atoms with E-state index in [1.807, 2.05) is 17.5 Å². The number of aromatic nitrogens is 2. The molecule has 0 aliphatic carbocycles. The van der Waals surface area contributed by atoms with Crippen LogP contribution in [0.25, 0.3) is 15.0 Å². The monoisotopic (exact) mass is 188 g/mol. The number of hydrogen-bond acceptors (Lipinski definition) is 2. The zero-order chi connectivity index (χ0) is 8.84. The Morgan fingerprint density at radius 2 is 2.15 bits per heavy atom. The molecule has 0 saturated heterocycles. The van der Waals surface area contributed by atoms with Crippen LogP contribution >= 0.6 is 11.3 Å². The first-order valence-corrected chi connectivity index (χ1v) is 5.00. The van der Waals surface area contributed by atoms with E-state index in [0.29, 0.717) is 0 Å². The molecule has 0 aliphatic rings. The SMILES string of the molecule is Cc1cc2sc3ccccc3n2n1. The molecule has 13 heavy (non-hydrogen) atoms. The summed E-state index contributed by atoms with van der Waals surface area (Å²) in [7, 11) is 0. The van der Waals surface area contributed by atoms with Crippen molar-refractivity contribution in [2.45, 2.75) is 6.92 Å². The number of nitrogens with zero attached hydrogens (tertiary/aromatic N) is 2. The predicted octanol–water partition coefficient (Wildman–Crippen LogP) is 2.86. The lowest BCUT2D eigenvalue weighted by Crippen LogP contribution is -1.82. The molecule has 2 nitrogen and oxygen atoms in total. The lowest BCUT2D eigenvalue weighted by molar-refractivity contribution is 0.981. The molecule has 0 aliphatic heterocycles. The average Bonchev–Trinajstić information content (AvgIpc) is 2.60.